The number of carbonyl (C=O) groups excluding carboxylic acids is 1. The van der Waals surface area contributed by atoms with Crippen LogP contribution in [0.5, 0.6) is 5.75 Å². The molecular formula is C27H20F8O7S2. The predicted octanol–water partition coefficient (Wildman–Crippen LogP) is 5.95. The molecule has 0 radical (unpaired) electrons. The maximum absolute atomic E-state index is 14.0. The number of hydrogen-bond donors (Lipinski definition) is 0. The number of halogens is 8. The molecule has 1 heterocycles. The molecule has 0 spiro atoms. The van der Waals surface area contributed by atoms with Crippen LogP contribution in [-0.2, 0) is 41.1 Å². The number of ether oxygens (including phenoxy) is 3. The van der Waals surface area contributed by atoms with Gasteiger partial charge in [0.1, 0.15) is 19.0 Å². The largest absolute Gasteiger partial charge is 0.743 e. The molecule has 1 unspecified atom stereocenters. The van der Waals surface area contributed by atoms with Crippen LogP contribution in [0.1, 0.15) is 12.5 Å². The van der Waals surface area contributed by atoms with Crippen molar-refractivity contribution in [1.82, 2.24) is 0 Å². The molecule has 44 heavy (non-hydrogen) atoms. The summed E-state index contributed by atoms with van der Waals surface area (Å²) in [6.07, 6.45) is 0. The second kappa shape index (κ2) is 11.6. The van der Waals surface area contributed by atoms with Gasteiger partial charge in [-0.3, -0.25) is 0 Å². The lowest BCUT2D eigenvalue weighted by Crippen LogP contribution is -2.61. The van der Waals surface area contributed by atoms with E-state index in [9.17, 15) is 52.9 Å². The minimum Gasteiger partial charge on any atom is -0.743 e. The van der Waals surface area contributed by atoms with Crippen molar-refractivity contribution in [2.24, 2.45) is 0 Å². The zero-order chi connectivity index (χ0) is 32.8. The van der Waals surface area contributed by atoms with E-state index < -0.39 is 74.8 Å². The summed E-state index contributed by atoms with van der Waals surface area (Å²) in [5.74, 6) is -21.5. The van der Waals surface area contributed by atoms with Crippen molar-refractivity contribution in [3.63, 3.8) is 0 Å². The molecule has 0 bridgehead atoms. The highest BCUT2D eigenvalue weighted by atomic mass is 32.2. The molecule has 1 saturated heterocycles. The van der Waals surface area contributed by atoms with Crippen LogP contribution in [0.2, 0.25) is 0 Å². The minimum absolute atomic E-state index is 0.0498. The summed E-state index contributed by atoms with van der Waals surface area (Å²) < 4.78 is 157. The van der Waals surface area contributed by atoms with Gasteiger partial charge in [-0.15, -0.1) is 0 Å². The maximum atomic E-state index is 14.0. The quantitative estimate of drug-likeness (QED) is 0.101. The van der Waals surface area contributed by atoms with Gasteiger partial charge < -0.3 is 18.8 Å². The van der Waals surface area contributed by atoms with E-state index in [2.05, 4.69) is 4.74 Å². The number of carbonyl (C=O) groups is 1. The molecule has 1 atom stereocenters. The molecule has 3 aromatic carbocycles. The molecule has 0 amide bonds. The standard InChI is InChI=1S/C27H20F8O7S2/c1-23(40-15-24(28,29)27(34,35)25(30,31)16-41-23)17-7-11-20(12-8-17)43(19-5-3-2-4-6-19)21-13-9-18(10-14-21)42-22(36)26(32,33)44(37,38)39/h2-14H,15-16H2,1H3. The van der Waals surface area contributed by atoms with Gasteiger partial charge in [0.2, 0.25) is 0 Å². The van der Waals surface area contributed by atoms with E-state index in [1.807, 2.05) is 0 Å². The van der Waals surface area contributed by atoms with Crippen molar-refractivity contribution in [2.45, 2.75) is 50.4 Å². The topological polar surface area (TPSA) is 102 Å². The van der Waals surface area contributed by atoms with Crippen LogP contribution in [-0.4, -0.2) is 55.2 Å². The van der Waals surface area contributed by atoms with Crippen molar-refractivity contribution in [2.75, 3.05) is 13.2 Å². The third-order valence-electron chi connectivity index (χ3n) is 6.39. The molecule has 4 rings (SSSR count). The van der Waals surface area contributed by atoms with Crippen molar-refractivity contribution in [3.05, 3.63) is 84.4 Å². The van der Waals surface area contributed by atoms with Crippen molar-refractivity contribution in [1.29, 1.82) is 0 Å². The molecule has 0 aromatic heterocycles. The first-order valence-corrected chi connectivity index (χ1v) is 14.8. The predicted molar refractivity (Wildman–Crippen MR) is 136 cm³/mol. The molecular weight excluding hydrogens is 652 g/mol. The number of alkyl halides is 8. The SMILES string of the molecule is CC1(c2ccc([S+](c3ccccc3)c3ccc(OC(=O)C(F)(F)S(=O)(=O)[O-])cc3)cc2)OCC(F)(F)C(F)(F)C(F)(F)CO1. The summed E-state index contributed by atoms with van der Waals surface area (Å²) in [4.78, 5) is 13.3. The maximum Gasteiger partial charge on any atom is 0.429 e. The zero-order valence-electron chi connectivity index (χ0n) is 22.1. The summed E-state index contributed by atoms with van der Waals surface area (Å²) in [5, 5.41) is -5.32. The molecule has 1 aliphatic heterocycles. The lowest BCUT2D eigenvalue weighted by Gasteiger charge is -2.40. The summed E-state index contributed by atoms with van der Waals surface area (Å²) in [6, 6.07) is 19.0. The van der Waals surface area contributed by atoms with Crippen molar-refractivity contribution < 1.29 is 67.1 Å². The van der Waals surface area contributed by atoms with Gasteiger partial charge >= 0.3 is 29.0 Å². The molecule has 0 N–H and O–H groups in total. The van der Waals surface area contributed by atoms with E-state index in [-0.39, 0.29) is 5.56 Å². The molecule has 0 aliphatic carbocycles. The van der Waals surface area contributed by atoms with Gasteiger partial charge in [-0.05, 0) is 67.6 Å². The van der Waals surface area contributed by atoms with E-state index in [1.165, 1.54) is 36.4 Å². The second-order valence-electron chi connectivity index (χ2n) is 9.48. The molecule has 7 nitrogen and oxygen atoms in total. The number of esters is 1. The molecule has 17 heteroatoms. The van der Waals surface area contributed by atoms with Crippen LogP contribution in [0.15, 0.2) is 93.5 Å². The van der Waals surface area contributed by atoms with Crippen molar-refractivity contribution in [3.8, 4) is 5.75 Å². The monoisotopic (exact) mass is 672 g/mol. The van der Waals surface area contributed by atoms with Crippen molar-refractivity contribution >= 4 is 27.0 Å². The first-order chi connectivity index (χ1) is 20.2. The highest BCUT2D eigenvalue weighted by Gasteiger charge is 2.73. The fraction of sp³-hybridized carbons (Fsp3) is 0.296. The van der Waals surface area contributed by atoms with Gasteiger partial charge in [0.15, 0.2) is 30.6 Å². The van der Waals surface area contributed by atoms with E-state index in [4.69, 9.17) is 9.47 Å². The second-order valence-corrected chi connectivity index (χ2v) is 12.9. The first-order valence-electron chi connectivity index (χ1n) is 12.2. The van der Waals surface area contributed by atoms with E-state index in [0.29, 0.717) is 14.7 Å². The van der Waals surface area contributed by atoms with E-state index in [0.717, 1.165) is 19.1 Å². The number of rotatable bonds is 7. The minimum atomic E-state index is -6.33. The molecule has 238 valence electrons. The lowest BCUT2D eigenvalue weighted by atomic mass is 10.0. The first kappa shape index (κ1) is 33.6. The Labute approximate surface area is 247 Å². The van der Waals surface area contributed by atoms with Gasteiger partial charge in [0, 0.05) is 5.56 Å². The fourth-order valence-electron chi connectivity index (χ4n) is 3.88. The fourth-order valence-corrected chi connectivity index (χ4v) is 6.19. The Kier molecular flexibility index (Phi) is 8.86. The van der Waals surface area contributed by atoms with E-state index >= 15 is 0 Å². The Balaban J connectivity index is 1.64. The van der Waals surface area contributed by atoms with E-state index in [1.54, 1.807) is 30.3 Å². The molecule has 1 aliphatic rings. The Morgan fingerprint density at radius 3 is 1.68 bits per heavy atom. The molecule has 1 fully saturated rings. The summed E-state index contributed by atoms with van der Waals surface area (Å²) in [7, 11) is -7.32. The van der Waals surface area contributed by atoms with Gasteiger partial charge in [-0.1, -0.05) is 18.2 Å². The van der Waals surface area contributed by atoms with Gasteiger partial charge in [0.05, 0.1) is 10.9 Å². The summed E-state index contributed by atoms with van der Waals surface area (Å²) >= 11 is 0. The van der Waals surface area contributed by atoms with Gasteiger partial charge in [-0.25, -0.2) is 13.2 Å². The van der Waals surface area contributed by atoms with Crippen LogP contribution in [0.4, 0.5) is 35.1 Å². The smallest absolute Gasteiger partial charge is 0.429 e. The Hall–Kier alpha value is -3.25. The van der Waals surface area contributed by atoms with Gasteiger partial charge in [-0.2, -0.15) is 35.1 Å². The van der Waals surface area contributed by atoms with Crippen LogP contribution < -0.4 is 4.74 Å². The average Bonchev–Trinajstić information content (AvgIpc) is 2.96. The number of hydrogen-bond acceptors (Lipinski definition) is 7. The van der Waals surface area contributed by atoms with Crippen LogP contribution in [0, 0.1) is 0 Å². The molecule has 3 aromatic rings. The van der Waals surface area contributed by atoms with Crippen LogP contribution in [0.25, 0.3) is 0 Å². The number of benzene rings is 3. The Bertz CT molecular complexity index is 1580. The van der Waals surface area contributed by atoms with Gasteiger partial charge in [0.25, 0.3) is 0 Å². The van der Waals surface area contributed by atoms with Crippen LogP contribution >= 0.6 is 0 Å². The molecule has 0 saturated carbocycles. The summed E-state index contributed by atoms with van der Waals surface area (Å²) in [5.41, 5.74) is -0.0498. The van der Waals surface area contributed by atoms with Crippen LogP contribution in [0.3, 0.4) is 0 Å². The average molecular weight is 673 g/mol. The lowest BCUT2D eigenvalue weighted by molar-refractivity contribution is -0.387. The Morgan fingerprint density at radius 2 is 1.23 bits per heavy atom. The highest BCUT2D eigenvalue weighted by molar-refractivity contribution is 7.97. The summed E-state index contributed by atoms with van der Waals surface area (Å²) in [6.45, 7) is -3.10. The normalized spacial score (nSPS) is 20.1. The highest BCUT2D eigenvalue weighted by Crippen LogP contribution is 2.49. The Morgan fingerprint density at radius 1 is 0.795 bits per heavy atom. The third kappa shape index (κ3) is 6.28. The zero-order valence-corrected chi connectivity index (χ0v) is 23.8. The third-order valence-corrected chi connectivity index (χ3v) is 9.42.